The lowest BCUT2D eigenvalue weighted by molar-refractivity contribution is 0.788. The molecule has 20 heavy (non-hydrogen) atoms. The van der Waals surface area contributed by atoms with Gasteiger partial charge in [-0.2, -0.15) is 5.10 Å². The van der Waals surface area contributed by atoms with E-state index in [1.807, 2.05) is 33.3 Å². The summed E-state index contributed by atoms with van der Waals surface area (Å²) >= 11 is 0. The maximum Gasteiger partial charge on any atom is 0.163 e. The molecule has 3 rings (SSSR count). The molecule has 6 heteroatoms. The quantitative estimate of drug-likeness (QED) is 0.765. The SMILES string of the molecule is CN(C)c1cccc(-c2nn(C)c3ncnc(N)c23)c1. The molecule has 2 aromatic heterocycles. The highest BCUT2D eigenvalue weighted by Crippen LogP contribution is 2.31. The Balaban J connectivity index is 2.27. The minimum absolute atomic E-state index is 0.452. The van der Waals surface area contributed by atoms with Gasteiger partial charge in [-0.15, -0.1) is 0 Å². The van der Waals surface area contributed by atoms with Crippen molar-refractivity contribution in [2.75, 3.05) is 24.7 Å². The average molecular weight is 268 g/mol. The van der Waals surface area contributed by atoms with Gasteiger partial charge < -0.3 is 10.6 Å². The Hall–Kier alpha value is -2.63. The fourth-order valence-corrected chi connectivity index (χ4v) is 2.24. The number of nitrogens with zero attached hydrogens (tertiary/aromatic N) is 5. The van der Waals surface area contributed by atoms with Gasteiger partial charge >= 0.3 is 0 Å². The third kappa shape index (κ3) is 1.85. The topological polar surface area (TPSA) is 72.9 Å². The summed E-state index contributed by atoms with van der Waals surface area (Å²) in [6.45, 7) is 0. The van der Waals surface area contributed by atoms with Crippen LogP contribution < -0.4 is 10.6 Å². The minimum atomic E-state index is 0.452. The number of nitrogens with two attached hydrogens (primary N) is 1. The number of rotatable bonds is 2. The molecule has 0 spiro atoms. The molecule has 6 nitrogen and oxygen atoms in total. The van der Waals surface area contributed by atoms with E-state index in [-0.39, 0.29) is 0 Å². The molecule has 1 aromatic carbocycles. The lowest BCUT2D eigenvalue weighted by Crippen LogP contribution is -2.08. The highest BCUT2D eigenvalue weighted by molar-refractivity contribution is 5.98. The van der Waals surface area contributed by atoms with E-state index in [9.17, 15) is 0 Å². The van der Waals surface area contributed by atoms with E-state index in [2.05, 4.69) is 32.1 Å². The molecule has 2 N–H and O–H groups in total. The molecule has 0 unspecified atom stereocenters. The lowest BCUT2D eigenvalue weighted by Gasteiger charge is -2.13. The van der Waals surface area contributed by atoms with Crippen LogP contribution in [0.2, 0.25) is 0 Å². The maximum atomic E-state index is 5.99. The second kappa shape index (κ2) is 4.48. The van der Waals surface area contributed by atoms with Crippen LogP contribution in [0.25, 0.3) is 22.3 Å². The van der Waals surface area contributed by atoms with Crippen LogP contribution in [0.3, 0.4) is 0 Å². The number of aryl methyl sites for hydroxylation is 1. The van der Waals surface area contributed by atoms with Crippen LogP contribution in [-0.2, 0) is 7.05 Å². The number of hydrogen-bond donors (Lipinski definition) is 1. The summed E-state index contributed by atoms with van der Waals surface area (Å²) in [5, 5.41) is 5.33. The van der Waals surface area contributed by atoms with Gasteiger partial charge in [0.1, 0.15) is 17.8 Å². The predicted octanol–water partition coefficient (Wildman–Crippen LogP) is 1.68. The van der Waals surface area contributed by atoms with Crippen LogP contribution in [0.5, 0.6) is 0 Å². The molecule has 0 saturated carbocycles. The Morgan fingerprint density at radius 3 is 2.75 bits per heavy atom. The number of hydrogen-bond acceptors (Lipinski definition) is 5. The fraction of sp³-hybridized carbons (Fsp3) is 0.214. The van der Waals surface area contributed by atoms with Crippen molar-refractivity contribution in [1.82, 2.24) is 19.7 Å². The molecule has 0 radical (unpaired) electrons. The van der Waals surface area contributed by atoms with Crippen molar-refractivity contribution in [1.29, 1.82) is 0 Å². The Labute approximate surface area is 116 Å². The Morgan fingerprint density at radius 2 is 2.00 bits per heavy atom. The second-order valence-electron chi connectivity index (χ2n) is 4.87. The van der Waals surface area contributed by atoms with Crippen molar-refractivity contribution in [3.8, 4) is 11.3 Å². The van der Waals surface area contributed by atoms with Gasteiger partial charge in [0.15, 0.2) is 5.65 Å². The van der Waals surface area contributed by atoms with Crippen molar-refractivity contribution in [2.24, 2.45) is 7.05 Å². The Morgan fingerprint density at radius 1 is 1.20 bits per heavy atom. The summed E-state index contributed by atoms with van der Waals surface area (Å²) in [6.07, 6.45) is 1.46. The Bertz CT molecular complexity index is 774. The number of anilines is 2. The normalized spacial score (nSPS) is 10.9. The van der Waals surface area contributed by atoms with Crippen molar-refractivity contribution >= 4 is 22.5 Å². The van der Waals surface area contributed by atoms with E-state index >= 15 is 0 Å². The zero-order valence-electron chi connectivity index (χ0n) is 11.7. The van der Waals surface area contributed by atoms with E-state index in [1.165, 1.54) is 6.33 Å². The summed E-state index contributed by atoms with van der Waals surface area (Å²) in [7, 11) is 5.87. The van der Waals surface area contributed by atoms with Gasteiger partial charge in [-0.1, -0.05) is 12.1 Å². The van der Waals surface area contributed by atoms with E-state index < -0.39 is 0 Å². The van der Waals surface area contributed by atoms with Crippen molar-refractivity contribution in [2.45, 2.75) is 0 Å². The van der Waals surface area contributed by atoms with E-state index in [4.69, 9.17) is 5.73 Å². The van der Waals surface area contributed by atoms with Gasteiger partial charge in [-0.3, -0.25) is 0 Å². The standard InChI is InChI=1S/C14H16N6/c1-19(2)10-6-4-5-9(7-10)12-11-13(15)16-8-17-14(11)20(3)18-12/h4-8H,1-3H3,(H2,15,16,17). The average Bonchev–Trinajstić information content (AvgIpc) is 2.78. The van der Waals surface area contributed by atoms with Crippen LogP contribution >= 0.6 is 0 Å². The highest BCUT2D eigenvalue weighted by Gasteiger charge is 2.15. The molecule has 3 aromatic rings. The molecule has 0 aliphatic carbocycles. The van der Waals surface area contributed by atoms with Crippen LogP contribution in [0.1, 0.15) is 0 Å². The molecule has 0 aliphatic heterocycles. The molecular weight excluding hydrogens is 252 g/mol. The van der Waals surface area contributed by atoms with Crippen molar-refractivity contribution in [3.05, 3.63) is 30.6 Å². The zero-order valence-corrected chi connectivity index (χ0v) is 11.7. The Kier molecular flexibility index (Phi) is 2.78. The fourth-order valence-electron chi connectivity index (χ4n) is 2.24. The molecule has 2 heterocycles. The number of aromatic nitrogens is 4. The van der Waals surface area contributed by atoms with Gasteiger partial charge in [0.2, 0.25) is 0 Å². The third-order valence-electron chi connectivity index (χ3n) is 3.29. The van der Waals surface area contributed by atoms with E-state index in [1.54, 1.807) is 4.68 Å². The lowest BCUT2D eigenvalue weighted by atomic mass is 10.1. The summed E-state index contributed by atoms with van der Waals surface area (Å²) in [5.41, 5.74) is 9.65. The van der Waals surface area contributed by atoms with Crippen LogP contribution in [0.15, 0.2) is 30.6 Å². The predicted molar refractivity (Wildman–Crippen MR) is 80.5 cm³/mol. The van der Waals surface area contributed by atoms with Crippen LogP contribution in [0.4, 0.5) is 11.5 Å². The van der Waals surface area contributed by atoms with Gasteiger partial charge in [0.05, 0.1) is 5.39 Å². The van der Waals surface area contributed by atoms with Gasteiger partial charge in [0.25, 0.3) is 0 Å². The highest BCUT2D eigenvalue weighted by atomic mass is 15.3. The zero-order chi connectivity index (χ0) is 14.3. The summed E-state index contributed by atoms with van der Waals surface area (Å²) in [5.74, 6) is 0.452. The van der Waals surface area contributed by atoms with Crippen molar-refractivity contribution in [3.63, 3.8) is 0 Å². The number of fused-ring (bicyclic) bond motifs is 1. The maximum absolute atomic E-state index is 5.99. The first kappa shape index (κ1) is 12.4. The summed E-state index contributed by atoms with van der Waals surface area (Å²) < 4.78 is 1.73. The summed E-state index contributed by atoms with van der Waals surface area (Å²) in [4.78, 5) is 10.4. The first-order valence-corrected chi connectivity index (χ1v) is 6.29. The first-order chi connectivity index (χ1) is 9.58. The molecule has 102 valence electrons. The molecular formula is C14H16N6. The van der Waals surface area contributed by atoms with Gasteiger partial charge in [0, 0.05) is 32.4 Å². The largest absolute Gasteiger partial charge is 0.383 e. The molecule has 0 amide bonds. The van der Waals surface area contributed by atoms with Crippen molar-refractivity contribution < 1.29 is 0 Å². The van der Waals surface area contributed by atoms with Crippen LogP contribution in [0, 0.1) is 0 Å². The van der Waals surface area contributed by atoms with E-state index in [0.717, 1.165) is 28.0 Å². The number of nitrogen functional groups attached to an aromatic ring is 1. The van der Waals surface area contributed by atoms with Gasteiger partial charge in [-0.25, -0.2) is 14.6 Å². The molecule has 0 aliphatic rings. The molecule has 0 saturated heterocycles. The number of benzene rings is 1. The monoisotopic (exact) mass is 268 g/mol. The minimum Gasteiger partial charge on any atom is -0.383 e. The van der Waals surface area contributed by atoms with E-state index in [0.29, 0.717) is 5.82 Å². The third-order valence-corrected chi connectivity index (χ3v) is 3.29. The smallest absolute Gasteiger partial charge is 0.163 e. The molecule has 0 fully saturated rings. The summed E-state index contributed by atoms with van der Waals surface area (Å²) in [6, 6.07) is 8.15. The molecule has 0 atom stereocenters. The molecule has 0 bridgehead atoms. The second-order valence-corrected chi connectivity index (χ2v) is 4.87. The van der Waals surface area contributed by atoms with Crippen LogP contribution in [-0.4, -0.2) is 33.8 Å². The first-order valence-electron chi connectivity index (χ1n) is 6.29. The van der Waals surface area contributed by atoms with Gasteiger partial charge in [-0.05, 0) is 12.1 Å².